The minimum absolute atomic E-state index is 0.0171. The second kappa shape index (κ2) is 5.24. The Labute approximate surface area is 109 Å². The van der Waals surface area contributed by atoms with Gasteiger partial charge in [0.2, 0.25) is 0 Å². The van der Waals surface area contributed by atoms with Gasteiger partial charge in [0, 0.05) is 19.1 Å². The fourth-order valence-electron chi connectivity index (χ4n) is 2.45. The lowest BCUT2D eigenvalue weighted by Gasteiger charge is -2.38. The van der Waals surface area contributed by atoms with Crippen molar-refractivity contribution in [2.75, 3.05) is 18.0 Å². The first-order chi connectivity index (χ1) is 8.52. The van der Waals surface area contributed by atoms with Crippen molar-refractivity contribution in [2.24, 2.45) is 5.73 Å². The molecule has 3 N–H and O–H groups in total. The van der Waals surface area contributed by atoms with Crippen LogP contribution in [0.3, 0.4) is 0 Å². The zero-order valence-corrected chi connectivity index (χ0v) is 11.3. The zero-order valence-electron chi connectivity index (χ0n) is 11.3. The molecule has 0 amide bonds. The van der Waals surface area contributed by atoms with Gasteiger partial charge in [0.25, 0.3) is 0 Å². The minimum Gasteiger partial charge on any atom is -0.388 e. The highest BCUT2D eigenvalue weighted by molar-refractivity contribution is 5.45. The van der Waals surface area contributed by atoms with Crippen LogP contribution in [0.5, 0.6) is 0 Å². The van der Waals surface area contributed by atoms with Gasteiger partial charge in [-0.1, -0.05) is 6.92 Å². The Hall–Kier alpha value is -1.13. The van der Waals surface area contributed by atoms with Crippen molar-refractivity contribution in [1.82, 2.24) is 4.98 Å². The number of β-amino-alcohol motifs (C(OH)–C–C–N with tert-alkyl or cyclic N) is 1. The molecule has 0 radical (unpaired) electrons. The maximum atomic E-state index is 10.1. The van der Waals surface area contributed by atoms with Crippen LogP contribution in [0, 0.1) is 0 Å². The van der Waals surface area contributed by atoms with Crippen LogP contribution < -0.4 is 10.6 Å². The Balaban J connectivity index is 2.09. The lowest BCUT2D eigenvalue weighted by molar-refractivity contribution is 0.0449. The average molecular weight is 249 g/mol. The van der Waals surface area contributed by atoms with E-state index < -0.39 is 5.60 Å². The normalized spacial score (nSPS) is 26.1. The van der Waals surface area contributed by atoms with Crippen LogP contribution in [0.25, 0.3) is 0 Å². The Morgan fingerprint density at radius 1 is 1.56 bits per heavy atom. The van der Waals surface area contributed by atoms with Crippen molar-refractivity contribution in [2.45, 2.75) is 44.8 Å². The fourth-order valence-corrected chi connectivity index (χ4v) is 2.45. The van der Waals surface area contributed by atoms with Crippen molar-refractivity contribution in [1.29, 1.82) is 0 Å². The Morgan fingerprint density at radius 3 is 2.89 bits per heavy atom. The van der Waals surface area contributed by atoms with Crippen molar-refractivity contribution in [3.05, 3.63) is 24.0 Å². The molecule has 0 saturated carbocycles. The standard InChI is InChI=1S/C14H23N3O/c1-3-12(15)13-6-5-11(9-16-13)17-8-4-7-14(2,18)10-17/h5-6,9,12,18H,3-4,7-8,10,15H2,1-2H3/t12-,14?/m1/s1. The number of rotatable bonds is 3. The van der Waals surface area contributed by atoms with Crippen LogP contribution in [0.1, 0.15) is 44.8 Å². The van der Waals surface area contributed by atoms with E-state index in [0.29, 0.717) is 6.54 Å². The molecule has 2 atom stereocenters. The molecule has 1 unspecified atom stereocenters. The number of pyridine rings is 1. The number of aliphatic hydroxyl groups is 1. The van der Waals surface area contributed by atoms with E-state index in [-0.39, 0.29) is 6.04 Å². The molecule has 1 aliphatic rings. The molecule has 2 rings (SSSR count). The van der Waals surface area contributed by atoms with Gasteiger partial charge in [-0.2, -0.15) is 0 Å². The van der Waals surface area contributed by atoms with E-state index >= 15 is 0 Å². The Bertz CT molecular complexity index is 389. The van der Waals surface area contributed by atoms with E-state index in [1.165, 1.54) is 0 Å². The number of nitrogens with two attached hydrogens (primary N) is 1. The summed E-state index contributed by atoms with van der Waals surface area (Å²) in [6, 6.07) is 4.06. The first-order valence-electron chi connectivity index (χ1n) is 6.71. The van der Waals surface area contributed by atoms with Crippen molar-refractivity contribution in [3.63, 3.8) is 0 Å². The molecule has 0 bridgehead atoms. The summed E-state index contributed by atoms with van der Waals surface area (Å²) in [4.78, 5) is 6.62. The molecule has 18 heavy (non-hydrogen) atoms. The second-order valence-electron chi connectivity index (χ2n) is 5.48. The smallest absolute Gasteiger partial charge is 0.0794 e. The molecule has 0 spiro atoms. The van der Waals surface area contributed by atoms with E-state index in [9.17, 15) is 5.11 Å². The number of anilines is 1. The molecule has 1 aliphatic heterocycles. The van der Waals surface area contributed by atoms with Crippen LogP contribution in [0.4, 0.5) is 5.69 Å². The van der Waals surface area contributed by atoms with Gasteiger partial charge in [0.1, 0.15) is 0 Å². The van der Waals surface area contributed by atoms with E-state index in [1.807, 2.05) is 19.2 Å². The van der Waals surface area contributed by atoms with Crippen LogP contribution >= 0.6 is 0 Å². The van der Waals surface area contributed by atoms with Crippen LogP contribution in [-0.2, 0) is 0 Å². The molecule has 1 saturated heterocycles. The highest BCUT2D eigenvalue weighted by Crippen LogP contribution is 2.25. The molecule has 0 aromatic carbocycles. The SMILES string of the molecule is CC[C@@H](N)c1ccc(N2CCCC(C)(O)C2)cn1. The molecular weight excluding hydrogens is 226 g/mol. The van der Waals surface area contributed by atoms with E-state index in [4.69, 9.17) is 5.73 Å². The van der Waals surface area contributed by atoms with Gasteiger partial charge in [0.05, 0.1) is 23.2 Å². The van der Waals surface area contributed by atoms with Crippen LogP contribution in [-0.4, -0.2) is 28.8 Å². The van der Waals surface area contributed by atoms with Crippen molar-refractivity contribution < 1.29 is 5.11 Å². The van der Waals surface area contributed by atoms with Crippen molar-refractivity contribution in [3.8, 4) is 0 Å². The Kier molecular flexibility index (Phi) is 3.88. The molecule has 100 valence electrons. The topological polar surface area (TPSA) is 62.4 Å². The number of piperidine rings is 1. The highest BCUT2D eigenvalue weighted by atomic mass is 16.3. The predicted octanol–water partition coefficient (Wildman–Crippen LogP) is 1.84. The molecule has 4 heteroatoms. The third kappa shape index (κ3) is 3.00. The molecule has 1 aromatic heterocycles. The molecule has 4 nitrogen and oxygen atoms in total. The maximum absolute atomic E-state index is 10.1. The van der Waals surface area contributed by atoms with Crippen molar-refractivity contribution >= 4 is 5.69 Å². The highest BCUT2D eigenvalue weighted by Gasteiger charge is 2.28. The lowest BCUT2D eigenvalue weighted by Crippen LogP contribution is -2.46. The summed E-state index contributed by atoms with van der Waals surface area (Å²) >= 11 is 0. The molecule has 1 fully saturated rings. The predicted molar refractivity (Wildman–Crippen MR) is 73.5 cm³/mol. The first-order valence-corrected chi connectivity index (χ1v) is 6.71. The average Bonchev–Trinajstić information content (AvgIpc) is 2.37. The third-order valence-electron chi connectivity index (χ3n) is 3.63. The number of hydrogen-bond donors (Lipinski definition) is 2. The summed E-state index contributed by atoms with van der Waals surface area (Å²) in [5, 5.41) is 10.1. The summed E-state index contributed by atoms with van der Waals surface area (Å²) in [6.07, 6.45) is 4.65. The quantitative estimate of drug-likeness (QED) is 0.858. The van der Waals surface area contributed by atoms with Gasteiger partial charge in [-0.05, 0) is 38.3 Å². The lowest BCUT2D eigenvalue weighted by atomic mass is 9.95. The summed E-state index contributed by atoms with van der Waals surface area (Å²) < 4.78 is 0. The summed E-state index contributed by atoms with van der Waals surface area (Å²) in [7, 11) is 0. The summed E-state index contributed by atoms with van der Waals surface area (Å²) in [5.74, 6) is 0. The monoisotopic (exact) mass is 249 g/mol. The van der Waals surface area contributed by atoms with Gasteiger partial charge >= 0.3 is 0 Å². The number of nitrogens with zero attached hydrogens (tertiary/aromatic N) is 2. The minimum atomic E-state index is -0.587. The number of hydrogen-bond acceptors (Lipinski definition) is 4. The van der Waals surface area contributed by atoms with Gasteiger partial charge in [-0.25, -0.2) is 0 Å². The van der Waals surface area contributed by atoms with Gasteiger partial charge < -0.3 is 15.7 Å². The van der Waals surface area contributed by atoms with E-state index in [2.05, 4.69) is 22.9 Å². The molecular formula is C14H23N3O. The van der Waals surface area contributed by atoms with Crippen LogP contribution in [0.15, 0.2) is 18.3 Å². The van der Waals surface area contributed by atoms with Gasteiger partial charge in [-0.3, -0.25) is 4.98 Å². The Morgan fingerprint density at radius 2 is 2.33 bits per heavy atom. The molecule has 2 heterocycles. The summed E-state index contributed by atoms with van der Waals surface area (Å²) in [5.41, 5.74) is 7.37. The first kappa shape index (κ1) is 13.3. The summed E-state index contributed by atoms with van der Waals surface area (Å²) in [6.45, 7) is 5.61. The maximum Gasteiger partial charge on any atom is 0.0794 e. The second-order valence-corrected chi connectivity index (χ2v) is 5.48. The van der Waals surface area contributed by atoms with E-state index in [1.54, 1.807) is 0 Å². The van der Waals surface area contributed by atoms with Gasteiger partial charge in [-0.15, -0.1) is 0 Å². The van der Waals surface area contributed by atoms with E-state index in [0.717, 1.165) is 37.2 Å². The van der Waals surface area contributed by atoms with Gasteiger partial charge in [0.15, 0.2) is 0 Å². The molecule has 1 aromatic rings. The molecule has 0 aliphatic carbocycles. The van der Waals surface area contributed by atoms with Crippen LogP contribution in [0.2, 0.25) is 0 Å². The fraction of sp³-hybridized carbons (Fsp3) is 0.643. The zero-order chi connectivity index (χ0) is 13.2. The third-order valence-corrected chi connectivity index (χ3v) is 3.63. The largest absolute Gasteiger partial charge is 0.388 e. The number of aromatic nitrogens is 1.